The van der Waals surface area contributed by atoms with Gasteiger partial charge in [0.2, 0.25) is 0 Å². The summed E-state index contributed by atoms with van der Waals surface area (Å²) in [6.45, 7) is 1.90. The Labute approximate surface area is 86.2 Å². The fourth-order valence-corrected chi connectivity index (χ4v) is 1.35. The summed E-state index contributed by atoms with van der Waals surface area (Å²) >= 11 is 0. The molecule has 0 aliphatic carbocycles. The smallest absolute Gasteiger partial charge is 0.271 e. The molecule has 0 amide bonds. The number of rotatable bonds is 3. The predicted molar refractivity (Wildman–Crippen MR) is 51.8 cm³/mol. The summed E-state index contributed by atoms with van der Waals surface area (Å²) in [7, 11) is 0. The fraction of sp³-hybridized carbons (Fsp3) is 0.400. The highest BCUT2D eigenvalue weighted by Gasteiger charge is 2.30. The van der Waals surface area contributed by atoms with Crippen LogP contribution < -0.4 is 11.3 Å². The standard InChI is InChI=1S/C10H13F3N2/c1-2-9(15-14)7-3-5-8(6-4-7)10(11,12)13/h3-6,9,15H,2,14H2,1H3. The molecule has 0 bridgehead atoms. The molecular weight excluding hydrogens is 205 g/mol. The Morgan fingerprint density at radius 2 is 1.80 bits per heavy atom. The highest BCUT2D eigenvalue weighted by atomic mass is 19.4. The molecule has 3 N–H and O–H groups in total. The van der Waals surface area contributed by atoms with E-state index < -0.39 is 11.7 Å². The number of halogens is 3. The molecule has 0 saturated carbocycles. The minimum Gasteiger partial charge on any atom is -0.271 e. The van der Waals surface area contributed by atoms with E-state index >= 15 is 0 Å². The fourth-order valence-electron chi connectivity index (χ4n) is 1.35. The van der Waals surface area contributed by atoms with Crippen molar-refractivity contribution in [3.63, 3.8) is 0 Å². The Kier molecular flexibility index (Phi) is 3.71. The number of hydrogen-bond acceptors (Lipinski definition) is 2. The van der Waals surface area contributed by atoms with Crippen molar-refractivity contribution < 1.29 is 13.2 Å². The molecule has 5 heteroatoms. The SMILES string of the molecule is CCC(NN)c1ccc(C(F)(F)F)cc1. The lowest BCUT2D eigenvalue weighted by molar-refractivity contribution is -0.137. The first-order valence-electron chi connectivity index (χ1n) is 4.62. The third-order valence-corrected chi connectivity index (χ3v) is 2.25. The average Bonchev–Trinajstić information content (AvgIpc) is 2.19. The van der Waals surface area contributed by atoms with Crippen LogP contribution >= 0.6 is 0 Å². The summed E-state index contributed by atoms with van der Waals surface area (Å²) < 4.78 is 36.7. The zero-order valence-electron chi connectivity index (χ0n) is 8.31. The molecule has 0 aliphatic rings. The van der Waals surface area contributed by atoms with E-state index in [1.54, 1.807) is 0 Å². The summed E-state index contributed by atoms with van der Waals surface area (Å²) in [5.74, 6) is 5.27. The van der Waals surface area contributed by atoms with Crippen LogP contribution in [0.4, 0.5) is 13.2 Å². The number of benzene rings is 1. The van der Waals surface area contributed by atoms with Crippen molar-refractivity contribution >= 4 is 0 Å². The van der Waals surface area contributed by atoms with Crippen LogP contribution in [0.2, 0.25) is 0 Å². The maximum absolute atomic E-state index is 12.2. The average molecular weight is 218 g/mol. The molecule has 0 heterocycles. The minimum absolute atomic E-state index is 0.104. The lowest BCUT2D eigenvalue weighted by Gasteiger charge is -2.14. The van der Waals surface area contributed by atoms with E-state index in [0.717, 1.165) is 24.1 Å². The summed E-state index contributed by atoms with van der Waals surface area (Å²) in [5, 5.41) is 0. The summed E-state index contributed by atoms with van der Waals surface area (Å²) in [5.41, 5.74) is 2.66. The molecular formula is C10H13F3N2. The van der Waals surface area contributed by atoms with Gasteiger partial charge in [0, 0.05) is 6.04 Å². The second-order valence-electron chi connectivity index (χ2n) is 3.25. The number of nitrogens with two attached hydrogens (primary N) is 1. The van der Waals surface area contributed by atoms with Gasteiger partial charge in [-0.25, -0.2) is 0 Å². The Hall–Kier alpha value is -1.07. The van der Waals surface area contributed by atoms with Gasteiger partial charge < -0.3 is 0 Å². The molecule has 1 rings (SSSR count). The van der Waals surface area contributed by atoms with E-state index in [2.05, 4.69) is 5.43 Å². The quantitative estimate of drug-likeness (QED) is 0.604. The third kappa shape index (κ3) is 2.94. The molecule has 1 unspecified atom stereocenters. The van der Waals surface area contributed by atoms with E-state index in [0.29, 0.717) is 0 Å². The normalized spacial score (nSPS) is 13.9. The van der Waals surface area contributed by atoms with Crippen LogP contribution in [0.1, 0.15) is 30.5 Å². The molecule has 0 saturated heterocycles. The number of alkyl halides is 3. The van der Waals surface area contributed by atoms with Gasteiger partial charge in [-0.15, -0.1) is 0 Å². The van der Waals surface area contributed by atoms with E-state index in [9.17, 15) is 13.2 Å². The van der Waals surface area contributed by atoms with Crippen molar-refractivity contribution in [1.29, 1.82) is 0 Å². The van der Waals surface area contributed by atoms with E-state index in [-0.39, 0.29) is 6.04 Å². The van der Waals surface area contributed by atoms with Gasteiger partial charge in [-0.1, -0.05) is 19.1 Å². The van der Waals surface area contributed by atoms with Crippen LogP contribution in [0.25, 0.3) is 0 Å². The van der Waals surface area contributed by atoms with Gasteiger partial charge in [0.25, 0.3) is 0 Å². The minimum atomic E-state index is -4.28. The zero-order valence-corrected chi connectivity index (χ0v) is 8.31. The molecule has 0 aliphatic heterocycles. The van der Waals surface area contributed by atoms with Crippen molar-refractivity contribution in [1.82, 2.24) is 5.43 Å². The van der Waals surface area contributed by atoms with Crippen molar-refractivity contribution in [2.24, 2.45) is 5.84 Å². The zero-order chi connectivity index (χ0) is 11.5. The highest BCUT2D eigenvalue weighted by molar-refractivity contribution is 5.26. The van der Waals surface area contributed by atoms with Gasteiger partial charge in [-0.05, 0) is 24.1 Å². The third-order valence-electron chi connectivity index (χ3n) is 2.25. The van der Waals surface area contributed by atoms with Crippen LogP contribution in [0.5, 0.6) is 0 Å². The topological polar surface area (TPSA) is 38.0 Å². The molecule has 0 fully saturated rings. The van der Waals surface area contributed by atoms with E-state index in [1.165, 1.54) is 12.1 Å². The summed E-state index contributed by atoms with van der Waals surface area (Å²) in [4.78, 5) is 0. The summed E-state index contributed by atoms with van der Waals surface area (Å²) in [6, 6.07) is 4.91. The first-order valence-corrected chi connectivity index (χ1v) is 4.62. The van der Waals surface area contributed by atoms with Crippen LogP contribution in [0.3, 0.4) is 0 Å². The second-order valence-corrected chi connectivity index (χ2v) is 3.25. The second kappa shape index (κ2) is 4.63. The predicted octanol–water partition coefficient (Wildman–Crippen LogP) is 2.62. The van der Waals surface area contributed by atoms with Gasteiger partial charge in [0.1, 0.15) is 0 Å². The Morgan fingerprint density at radius 3 is 2.13 bits per heavy atom. The van der Waals surface area contributed by atoms with Crippen LogP contribution in [0.15, 0.2) is 24.3 Å². The maximum atomic E-state index is 12.2. The molecule has 84 valence electrons. The largest absolute Gasteiger partial charge is 0.416 e. The van der Waals surface area contributed by atoms with Gasteiger partial charge in [-0.2, -0.15) is 13.2 Å². The van der Waals surface area contributed by atoms with Crippen LogP contribution in [-0.2, 0) is 6.18 Å². The van der Waals surface area contributed by atoms with E-state index in [1.807, 2.05) is 6.92 Å². The van der Waals surface area contributed by atoms with Crippen molar-refractivity contribution in [2.75, 3.05) is 0 Å². The molecule has 0 spiro atoms. The van der Waals surface area contributed by atoms with Crippen molar-refractivity contribution in [3.05, 3.63) is 35.4 Å². The highest BCUT2D eigenvalue weighted by Crippen LogP contribution is 2.30. The number of hydrazine groups is 1. The van der Waals surface area contributed by atoms with Crippen molar-refractivity contribution in [2.45, 2.75) is 25.6 Å². The lowest BCUT2D eigenvalue weighted by atomic mass is 10.0. The molecule has 1 atom stereocenters. The molecule has 15 heavy (non-hydrogen) atoms. The van der Waals surface area contributed by atoms with Gasteiger partial charge in [-0.3, -0.25) is 11.3 Å². The molecule has 0 radical (unpaired) electrons. The van der Waals surface area contributed by atoms with Crippen LogP contribution in [0, 0.1) is 0 Å². The Balaban J connectivity index is 2.89. The lowest BCUT2D eigenvalue weighted by Crippen LogP contribution is -2.27. The molecule has 1 aromatic rings. The summed E-state index contributed by atoms with van der Waals surface area (Å²) in [6.07, 6.45) is -3.56. The first-order chi connectivity index (χ1) is 6.99. The van der Waals surface area contributed by atoms with Gasteiger partial charge >= 0.3 is 6.18 Å². The monoisotopic (exact) mass is 218 g/mol. The maximum Gasteiger partial charge on any atom is 0.416 e. The molecule has 1 aromatic carbocycles. The number of nitrogens with one attached hydrogen (secondary N) is 1. The Morgan fingerprint density at radius 1 is 1.27 bits per heavy atom. The molecule has 2 nitrogen and oxygen atoms in total. The van der Waals surface area contributed by atoms with Gasteiger partial charge in [0.05, 0.1) is 5.56 Å². The van der Waals surface area contributed by atoms with Gasteiger partial charge in [0.15, 0.2) is 0 Å². The van der Waals surface area contributed by atoms with E-state index in [4.69, 9.17) is 5.84 Å². The van der Waals surface area contributed by atoms with Crippen LogP contribution in [-0.4, -0.2) is 0 Å². The Bertz CT molecular complexity index is 301. The number of hydrogen-bond donors (Lipinski definition) is 2. The molecule has 0 aromatic heterocycles. The first kappa shape index (κ1) is 12.0. The van der Waals surface area contributed by atoms with Crippen molar-refractivity contribution in [3.8, 4) is 0 Å².